The topological polar surface area (TPSA) is 44.7 Å². The summed E-state index contributed by atoms with van der Waals surface area (Å²) in [5.74, 6) is 0.546. The fourth-order valence-electron chi connectivity index (χ4n) is 2.96. The Morgan fingerprint density at radius 3 is 2.52 bits per heavy atom. The summed E-state index contributed by atoms with van der Waals surface area (Å²) >= 11 is 0. The molecule has 4 nitrogen and oxygen atoms in total. The first-order chi connectivity index (χ1) is 11.8. The van der Waals surface area contributed by atoms with E-state index in [-0.39, 0.29) is 11.4 Å². The molecule has 1 aliphatic rings. The lowest BCUT2D eigenvalue weighted by Gasteiger charge is -2.26. The molecule has 0 bridgehead atoms. The number of carbonyl (C=O) groups excluding carboxylic acids is 1. The van der Waals surface area contributed by atoms with Crippen molar-refractivity contribution in [3.63, 3.8) is 0 Å². The second-order valence-electron chi connectivity index (χ2n) is 7.29. The molecule has 1 aromatic carbocycles. The average molecular weight is 339 g/mol. The van der Waals surface area contributed by atoms with Gasteiger partial charge in [-0.1, -0.05) is 18.7 Å². The smallest absolute Gasteiger partial charge is 0.251 e. The van der Waals surface area contributed by atoms with E-state index >= 15 is 0 Å². The van der Waals surface area contributed by atoms with E-state index in [9.17, 15) is 4.79 Å². The Balaban J connectivity index is 2.39. The molecule has 2 rings (SSSR count). The molecule has 0 aliphatic heterocycles. The highest BCUT2D eigenvalue weighted by Crippen LogP contribution is 2.39. The summed E-state index contributed by atoms with van der Waals surface area (Å²) in [6.07, 6.45) is 7.82. The number of amides is 1. The molecule has 0 atom stereocenters. The van der Waals surface area contributed by atoms with Crippen molar-refractivity contribution in [1.29, 1.82) is 0 Å². The Labute approximate surface area is 151 Å². The highest BCUT2D eigenvalue weighted by Gasteiger charge is 2.38. The molecule has 4 heteroatoms. The van der Waals surface area contributed by atoms with Gasteiger partial charge in [0.1, 0.15) is 0 Å². The van der Waals surface area contributed by atoms with Gasteiger partial charge in [-0.3, -0.25) is 9.79 Å². The summed E-state index contributed by atoms with van der Waals surface area (Å²) in [6.45, 7) is 9.98. The average Bonchev–Trinajstić information content (AvgIpc) is 3.40. The van der Waals surface area contributed by atoms with Gasteiger partial charge in [0.25, 0.3) is 5.91 Å². The molecule has 0 saturated heterocycles. The van der Waals surface area contributed by atoms with E-state index in [1.54, 1.807) is 19.5 Å². The van der Waals surface area contributed by atoms with Gasteiger partial charge >= 0.3 is 0 Å². The molecule has 0 unspecified atom stereocenters. The molecule has 134 valence electrons. The third-order valence-corrected chi connectivity index (χ3v) is 4.73. The molecule has 0 radical (unpaired) electrons. The van der Waals surface area contributed by atoms with Crippen molar-refractivity contribution < 1.29 is 4.79 Å². The molecule has 1 amide bonds. The first-order valence-electron chi connectivity index (χ1n) is 8.71. The van der Waals surface area contributed by atoms with E-state index in [1.165, 1.54) is 12.8 Å². The van der Waals surface area contributed by atoms with Crippen molar-refractivity contribution in [1.82, 2.24) is 5.32 Å². The number of benzene rings is 1. The zero-order valence-electron chi connectivity index (χ0n) is 16.0. The lowest BCUT2D eigenvalue weighted by atomic mass is 9.97. The number of aliphatic imine (C=N–C) groups is 1. The summed E-state index contributed by atoms with van der Waals surface area (Å²) in [5, 5.41) is 3.20. The van der Waals surface area contributed by atoms with E-state index in [2.05, 4.69) is 36.8 Å². The van der Waals surface area contributed by atoms with E-state index in [1.807, 2.05) is 37.1 Å². The molecule has 1 saturated carbocycles. The molecule has 1 N–H and O–H groups in total. The van der Waals surface area contributed by atoms with E-state index < -0.39 is 0 Å². The van der Waals surface area contributed by atoms with Crippen LogP contribution in [-0.2, 0) is 0 Å². The van der Waals surface area contributed by atoms with E-state index in [4.69, 9.17) is 0 Å². The molecule has 1 aromatic rings. The highest BCUT2D eigenvalue weighted by molar-refractivity contribution is 5.97. The van der Waals surface area contributed by atoms with Crippen molar-refractivity contribution in [2.24, 2.45) is 10.9 Å². The van der Waals surface area contributed by atoms with Gasteiger partial charge < -0.3 is 10.2 Å². The predicted molar refractivity (Wildman–Crippen MR) is 107 cm³/mol. The van der Waals surface area contributed by atoms with E-state index in [0.717, 1.165) is 16.8 Å². The number of rotatable bonds is 7. The van der Waals surface area contributed by atoms with Crippen molar-refractivity contribution in [3.05, 3.63) is 48.1 Å². The SMILES string of the molecule is C=C/C=C(\C)c1cc(C(=O)NC(C)(C)C2CC2)cc(N(C)C=NC)c1. The molecule has 0 heterocycles. The monoisotopic (exact) mass is 339 g/mol. The summed E-state index contributed by atoms with van der Waals surface area (Å²) in [5.41, 5.74) is 3.48. The quantitative estimate of drug-likeness (QED) is 0.457. The van der Waals surface area contributed by atoms with E-state index in [0.29, 0.717) is 11.5 Å². The van der Waals surface area contributed by atoms with Gasteiger partial charge in [0.15, 0.2) is 0 Å². The number of carbonyl (C=O) groups is 1. The number of nitrogens with zero attached hydrogens (tertiary/aromatic N) is 2. The fourth-order valence-corrected chi connectivity index (χ4v) is 2.96. The minimum Gasteiger partial charge on any atom is -0.347 e. The Hall–Kier alpha value is -2.36. The minimum absolute atomic E-state index is 0.0340. The fraction of sp³-hybridized carbons (Fsp3) is 0.429. The maximum atomic E-state index is 12.9. The lowest BCUT2D eigenvalue weighted by Crippen LogP contribution is -2.45. The van der Waals surface area contributed by atoms with Gasteiger partial charge in [0.2, 0.25) is 0 Å². The largest absolute Gasteiger partial charge is 0.347 e. The normalized spacial score (nSPS) is 15.3. The Kier molecular flexibility index (Phi) is 5.83. The number of anilines is 1. The van der Waals surface area contributed by atoms with Crippen LogP contribution in [0.3, 0.4) is 0 Å². The second kappa shape index (κ2) is 7.68. The van der Waals surface area contributed by atoms with Crippen LogP contribution in [0.4, 0.5) is 5.69 Å². The summed E-state index contributed by atoms with van der Waals surface area (Å²) < 4.78 is 0. The highest BCUT2D eigenvalue weighted by atomic mass is 16.1. The van der Waals surface area contributed by atoms with Crippen LogP contribution in [0.15, 0.2) is 41.9 Å². The molecular formula is C21H29N3O. The number of hydrogen-bond donors (Lipinski definition) is 1. The van der Waals surface area contributed by atoms with Crippen molar-refractivity contribution in [3.8, 4) is 0 Å². The van der Waals surface area contributed by atoms with Crippen LogP contribution in [0, 0.1) is 5.92 Å². The molecule has 0 aromatic heterocycles. The summed E-state index contributed by atoms with van der Waals surface area (Å²) in [7, 11) is 3.66. The minimum atomic E-state index is -0.171. The van der Waals surface area contributed by atoms with Crippen molar-refractivity contribution in [2.45, 2.75) is 39.2 Å². The standard InChI is InChI=1S/C21H29N3O/c1-7-8-15(2)16-11-17(13-19(12-16)24(6)14-22-5)20(25)23-21(3,4)18-9-10-18/h7-8,11-14,18H,1,9-10H2,2-6H3,(H,23,25)/b15-8+,22-14?. The van der Waals surface area contributed by atoms with Gasteiger partial charge in [-0.25, -0.2) is 0 Å². The van der Waals surface area contributed by atoms with Crippen LogP contribution in [0.1, 0.15) is 49.5 Å². The molecule has 1 aliphatic carbocycles. The van der Waals surface area contributed by atoms with Crippen LogP contribution < -0.4 is 10.2 Å². The summed E-state index contributed by atoms with van der Waals surface area (Å²) in [6, 6.07) is 5.90. The van der Waals surface area contributed by atoms with Crippen LogP contribution in [0.25, 0.3) is 5.57 Å². The predicted octanol–water partition coefficient (Wildman–Crippen LogP) is 4.29. The zero-order valence-corrected chi connectivity index (χ0v) is 16.0. The molecule has 25 heavy (non-hydrogen) atoms. The van der Waals surface area contributed by atoms with Gasteiger partial charge in [-0.2, -0.15) is 0 Å². The Morgan fingerprint density at radius 2 is 1.96 bits per heavy atom. The maximum absolute atomic E-state index is 12.9. The summed E-state index contributed by atoms with van der Waals surface area (Å²) in [4.78, 5) is 18.8. The van der Waals surface area contributed by atoms with Gasteiger partial charge in [-0.15, -0.1) is 0 Å². The Bertz CT molecular complexity index is 712. The lowest BCUT2D eigenvalue weighted by molar-refractivity contribution is 0.0903. The first kappa shape index (κ1) is 19.0. The molecule has 0 spiro atoms. The van der Waals surface area contributed by atoms with Gasteiger partial charge in [0.05, 0.1) is 6.34 Å². The second-order valence-corrected chi connectivity index (χ2v) is 7.29. The number of allylic oxidation sites excluding steroid dienone is 3. The van der Waals surface area contributed by atoms with Crippen LogP contribution in [0.5, 0.6) is 0 Å². The van der Waals surface area contributed by atoms with Crippen molar-refractivity contribution >= 4 is 23.5 Å². The molecular weight excluding hydrogens is 310 g/mol. The third kappa shape index (κ3) is 4.81. The number of hydrogen-bond acceptors (Lipinski definition) is 2. The molecule has 1 fully saturated rings. The van der Waals surface area contributed by atoms with Gasteiger partial charge in [-0.05, 0) is 68.9 Å². The third-order valence-electron chi connectivity index (χ3n) is 4.73. The zero-order chi connectivity index (χ0) is 18.6. The van der Waals surface area contributed by atoms with Crippen molar-refractivity contribution in [2.75, 3.05) is 19.0 Å². The Morgan fingerprint density at radius 1 is 1.32 bits per heavy atom. The van der Waals surface area contributed by atoms with Crippen LogP contribution >= 0.6 is 0 Å². The first-order valence-corrected chi connectivity index (χ1v) is 8.71. The number of nitrogens with one attached hydrogen (secondary N) is 1. The van der Waals surface area contributed by atoms with Crippen LogP contribution in [0.2, 0.25) is 0 Å². The van der Waals surface area contributed by atoms with Gasteiger partial charge in [0, 0.05) is 30.9 Å². The van der Waals surface area contributed by atoms with Crippen LogP contribution in [-0.4, -0.2) is 31.9 Å². The maximum Gasteiger partial charge on any atom is 0.251 e.